The molecule has 3 heteroatoms. The Bertz CT molecular complexity index is 276. The summed E-state index contributed by atoms with van der Waals surface area (Å²) in [6.45, 7) is 6.50. The van der Waals surface area contributed by atoms with Gasteiger partial charge in [-0.15, -0.1) is 0 Å². The second-order valence-corrected chi connectivity index (χ2v) is 4.54. The first kappa shape index (κ1) is 11.7. The molecule has 0 saturated carbocycles. The zero-order valence-corrected chi connectivity index (χ0v) is 10.3. The maximum Gasteiger partial charge on any atom is 0.0410 e. The fourth-order valence-electron chi connectivity index (χ4n) is 1.43. The van der Waals surface area contributed by atoms with Crippen molar-refractivity contribution in [3.63, 3.8) is 0 Å². The highest BCUT2D eigenvalue weighted by Crippen LogP contribution is 2.12. The number of aromatic nitrogens is 1. The van der Waals surface area contributed by atoms with Crippen LogP contribution in [0.5, 0.6) is 0 Å². The molecule has 1 heterocycles. The number of nitrogens with zero attached hydrogens (tertiary/aromatic N) is 1. The number of rotatable bonds is 5. The summed E-state index contributed by atoms with van der Waals surface area (Å²) in [5.41, 5.74) is 1.30. The molecule has 0 amide bonds. The van der Waals surface area contributed by atoms with Gasteiger partial charge in [-0.2, -0.15) is 0 Å². The van der Waals surface area contributed by atoms with E-state index in [1.54, 1.807) is 0 Å². The van der Waals surface area contributed by atoms with E-state index in [0.717, 1.165) is 24.0 Å². The summed E-state index contributed by atoms with van der Waals surface area (Å²) < 4.78 is 1.06. The van der Waals surface area contributed by atoms with Gasteiger partial charge in [0.15, 0.2) is 0 Å². The fraction of sp³-hybridized carbons (Fsp3) is 0.545. The average molecular weight is 257 g/mol. The normalized spacial score (nSPS) is 12.8. The lowest BCUT2D eigenvalue weighted by molar-refractivity contribution is 0.521. The minimum atomic E-state index is 0.658. The lowest BCUT2D eigenvalue weighted by atomic mass is 10.0. The summed E-state index contributed by atoms with van der Waals surface area (Å²) in [4.78, 5) is 4.15. The van der Waals surface area contributed by atoms with Crippen LogP contribution in [-0.2, 0) is 6.42 Å². The first-order valence-electron chi connectivity index (χ1n) is 5.02. The zero-order chi connectivity index (χ0) is 10.4. The van der Waals surface area contributed by atoms with Gasteiger partial charge in [-0.05, 0) is 53.0 Å². The van der Waals surface area contributed by atoms with E-state index < -0.39 is 0 Å². The summed E-state index contributed by atoms with van der Waals surface area (Å²) >= 11 is 3.43. The van der Waals surface area contributed by atoms with Crippen LogP contribution in [-0.4, -0.2) is 18.1 Å². The van der Waals surface area contributed by atoms with Gasteiger partial charge < -0.3 is 5.32 Å². The van der Waals surface area contributed by atoms with Crippen molar-refractivity contribution in [2.75, 3.05) is 13.1 Å². The van der Waals surface area contributed by atoms with E-state index in [0.29, 0.717) is 5.92 Å². The van der Waals surface area contributed by atoms with Crippen molar-refractivity contribution in [3.8, 4) is 0 Å². The fourth-order valence-corrected chi connectivity index (χ4v) is 1.85. The van der Waals surface area contributed by atoms with E-state index in [9.17, 15) is 0 Å². The molecule has 0 aliphatic carbocycles. The van der Waals surface area contributed by atoms with Crippen LogP contribution in [0, 0.1) is 5.92 Å². The highest BCUT2D eigenvalue weighted by molar-refractivity contribution is 9.10. The first-order valence-corrected chi connectivity index (χ1v) is 5.81. The molecule has 0 aliphatic rings. The summed E-state index contributed by atoms with van der Waals surface area (Å²) in [5, 5.41) is 3.35. The van der Waals surface area contributed by atoms with E-state index >= 15 is 0 Å². The van der Waals surface area contributed by atoms with Crippen LogP contribution < -0.4 is 5.32 Å². The molecular weight excluding hydrogens is 240 g/mol. The van der Waals surface area contributed by atoms with Crippen molar-refractivity contribution in [3.05, 3.63) is 28.5 Å². The standard InChI is InChI=1S/C11H17BrN2/c1-3-13-6-9(2)4-10-5-11(12)8-14-7-10/h5,7-9,13H,3-4,6H2,1-2H3. The van der Waals surface area contributed by atoms with E-state index in [1.807, 2.05) is 12.4 Å². The van der Waals surface area contributed by atoms with Crippen LogP contribution in [0.15, 0.2) is 22.9 Å². The Morgan fingerprint density at radius 2 is 2.29 bits per heavy atom. The van der Waals surface area contributed by atoms with Crippen LogP contribution in [0.4, 0.5) is 0 Å². The Hall–Kier alpha value is -0.410. The second-order valence-electron chi connectivity index (χ2n) is 3.63. The van der Waals surface area contributed by atoms with Crippen molar-refractivity contribution >= 4 is 15.9 Å². The molecule has 0 bridgehead atoms. The smallest absolute Gasteiger partial charge is 0.0410 e. The Morgan fingerprint density at radius 3 is 2.93 bits per heavy atom. The Balaban J connectivity index is 2.43. The number of hydrogen-bond acceptors (Lipinski definition) is 2. The molecule has 78 valence electrons. The molecule has 1 aromatic rings. The second kappa shape index (κ2) is 6.14. The Morgan fingerprint density at radius 1 is 1.50 bits per heavy atom. The van der Waals surface area contributed by atoms with Gasteiger partial charge in [0, 0.05) is 16.9 Å². The third-order valence-corrected chi connectivity index (χ3v) is 2.52. The van der Waals surface area contributed by atoms with Crippen LogP contribution in [0.25, 0.3) is 0 Å². The number of halogens is 1. The molecule has 0 spiro atoms. The van der Waals surface area contributed by atoms with Crippen LogP contribution in [0.2, 0.25) is 0 Å². The third-order valence-electron chi connectivity index (χ3n) is 2.09. The number of pyridine rings is 1. The van der Waals surface area contributed by atoms with Crippen LogP contribution in [0.1, 0.15) is 19.4 Å². The molecule has 0 fully saturated rings. The molecule has 0 saturated heterocycles. The van der Waals surface area contributed by atoms with Gasteiger partial charge in [0.25, 0.3) is 0 Å². The molecule has 1 aromatic heterocycles. The lowest BCUT2D eigenvalue weighted by Crippen LogP contribution is -2.21. The van der Waals surface area contributed by atoms with Gasteiger partial charge in [0.1, 0.15) is 0 Å². The van der Waals surface area contributed by atoms with Crippen molar-refractivity contribution in [1.29, 1.82) is 0 Å². The zero-order valence-electron chi connectivity index (χ0n) is 8.76. The van der Waals surface area contributed by atoms with Crippen molar-refractivity contribution in [2.24, 2.45) is 5.92 Å². The number of hydrogen-bond donors (Lipinski definition) is 1. The Labute approximate surface area is 94.3 Å². The summed E-state index contributed by atoms with van der Waals surface area (Å²) in [5.74, 6) is 0.658. The van der Waals surface area contributed by atoms with Gasteiger partial charge in [-0.25, -0.2) is 0 Å². The lowest BCUT2D eigenvalue weighted by Gasteiger charge is -2.11. The predicted molar refractivity (Wildman–Crippen MR) is 63.3 cm³/mol. The monoisotopic (exact) mass is 256 g/mol. The van der Waals surface area contributed by atoms with E-state index in [-0.39, 0.29) is 0 Å². The minimum absolute atomic E-state index is 0.658. The Kier molecular flexibility index (Phi) is 5.12. The first-order chi connectivity index (χ1) is 6.72. The molecule has 2 nitrogen and oxygen atoms in total. The van der Waals surface area contributed by atoms with Crippen LogP contribution in [0.3, 0.4) is 0 Å². The summed E-state index contributed by atoms with van der Waals surface area (Å²) in [7, 11) is 0. The number of nitrogens with one attached hydrogen (secondary N) is 1. The van der Waals surface area contributed by atoms with Crippen molar-refractivity contribution in [2.45, 2.75) is 20.3 Å². The van der Waals surface area contributed by atoms with Gasteiger partial charge in [0.2, 0.25) is 0 Å². The molecule has 14 heavy (non-hydrogen) atoms. The minimum Gasteiger partial charge on any atom is -0.317 e. The topological polar surface area (TPSA) is 24.9 Å². The highest BCUT2D eigenvalue weighted by atomic mass is 79.9. The maximum atomic E-state index is 4.15. The predicted octanol–water partition coefficient (Wildman–Crippen LogP) is 2.63. The molecule has 1 atom stereocenters. The van der Waals surface area contributed by atoms with Crippen molar-refractivity contribution in [1.82, 2.24) is 10.3 Å². The third kappa shape index (κ3) is 4.20. The molecule has 1 unspecified atom stereocenters. The van der Waals surface area contributed by atoms with Gasteiger partial charge in [0.05, 0.1) is 0 Å². The molecule has 0 aromatic carbocycles. The van der Waals surface area contributed by atoms with Gasteiger partial charge in [-0.3, -0.25) is 4.98 Å². The van der Waals surface area contributed by atoms with E-state index in [1.165, 1.54) is 5.56 Å². The maximum absolute atomic E-state index is 4.15. The average Bonchev–Trinajstić information content (AvgIpc) is 2.15. The largest absolute Gasteiger partial charge is 0.317 e. The van der Waals surface area contributed by atoms with Gasteiger partial charge in [-0.1, -0.05) is 13.8 Å². The van der Waals surface area contributed by atoms with E-state index in [2.05, 4.69) is 46.1 Å². The van der Waals surface area contributed by atoms with Crippen LogP contribution >= 0.6 is 15.9 Å². The summed E-state index contributed by atoms with van der Waals surface area (Å²) in [6, 6.07) is 2.13. The van der Waals surface area contributed by atoms with E-state index in [4.69, 9.17) is 0 Å². The molecule has 0 radical (unpaired) electrons. The molecule has 1 rings (SSSR count). The van der Waals surface area contributed by atoms with Gasteiger partial charge >= 0.3 is 0 Å². The van der Waals surface area contributed by atoms with Crippen molar-refractivity contribution < 1.29 is 0 Å². The highest BCUT2D eigenvalue weighted by Gasteiger charge is 2.03. The molecule has 0 aliphatic heterocycles. The quantitative estimate of drug-likeness (QED) is 0.877. The SMILES string of the molecule is CCNCC(C)Cc1cncc(Br)c1. The molecule has 1 N–H and O–H groups in total. The summed E-state index contributed by atoms with van der Waals surface area (Å²) in [6.07, 6.45) is 4.84. The molecular formula is C11H17BrN2.